The van der Waals surface area contributed by atoms with Gasteiger partial charge in [-0.3, -0.25) is 4.98 Å². The van der Waals surface area contributed by atoms with Gasteiger partial charge in [-0.25, -0.2) is 9.37 Å². The summed E-state index contributed by atoms with van der Waals surface area (Å²) >= 11 is 0. The molecule has 1 N–H and O–H groups in total. The molecule has 0 spiro atoms. The Bertz CT molecular complexity index is 724. The summed E-state index contributed by atoms with van der Waals surface area (Å²) in [5.74, 6) is 0.979. The van der Waals surface area contributed by atoms with Crippen LogP contribution in [0.2, 0.25) is 0 Å². The highest BCUT2D eigenvalue weighted by molar-refractivity contribution is 5.82. The number of hydrogen-bond acceptors (Lipinski definition) is 4. The Hall–Kier alpha value is -2.43. The molecular weight excluding hydrogens is 245 g/mol. The van der Waals surface area contributed by atoms with Gasteiger partial charge in [0.2, 0.25) is 0 Å². The van der Waals surface area contributed by atoms with Gasteiger partial charge < -0.3 is 9.73 Å². The van der Waals surface area contributed by atoms with Crippen molar-refractivity contribution < 1.29 is 8.81 Å². The number of furan rings is 1. The molecule has 0 aliphatic heterocycles. The minimum Gasteiger partial charge on any atom is -0.454 e. The van der Waals surface area contributed by atoms with Crippen LogP contribution in [0.1, 0.15) is 6.92 Å². The standard InChI is InChI=1S/C14H12FN3O/c1-2-17-14-8-16-7-11(18-14)13-6-9-5-10(15)3-4-12(9)19-13/h3-8H,2H2,1H3,(H,17,18). The number of fused-ring (bicyclic) bond motifs is 1. The number of nitrogens with one attached hydrogen (secondary N) is 1. The lowest BCUT2D eigenvalue weighted by molar-refractivity contribution is 0.617. The predicted octanol–water partition coefficient (Wildman–Crippen LogP) is 3.46. The van der Waals surface area contributed by atoms with E-state index < -0.39 is 0 Å². The van der Waals surface area contributed by atoms with Crippen LogP contribution in [0.5, 0.6) is 0 Å². The Labute approximate surface area is 109 Å². The molecule has 4 nitrogen and oxygen atoms in total. The third kappa shape index (κ3) is 2.27. The molecule has 3 aromatic rings. The second kappa shape index (κ2) is 4.68. The number of nitrogens with zero attached hydrogens (tertiary/aromatic N) is 2. The lowest BCUT2D eigenvalue weighted by Crippen LogP contribution is -2.00. The van der Waals surface area contributed by atoms with Gasteiger partial charge >= 0.3 is 0 Å². The van der Waals surface area contributed by atoms with Crippen LogP contribution >= 0.6 is 0 Å². The summed E-state index contributed by atoms with van der Waals surface area (Å²) in [4.78, 5) is 8.50. The van der Waals surface area contributed by atoms with E-state index in [0.29, 0.717) is 28.2 Å². The molecule has 0 radical (unpaired) electrons. The normalized spacial score (nSPS) is 10.8. The van der Waals surface area contributed by atoms with Crippen molar-refractivity contribution in [2.24, 2.45) is 0 Å². The quantitative estimate of drug-likeness (QED) is 0.780. The smallest absolute Gasteiger partial charge is 0.155 e. The summed E-state index contributed by atoms with van der Waals surface area (Å²) in [5.41, 5.74) is 1.25. The molecule has 0 saturated heterocycles. The second-order valence-corrected chi connectivity index (χ2v) is 4.11. The maximum atomic E-state index is 13.1. The van der Waals surface area contributed by atoms with E-state index in [1.807, 2.05) is 6.92 Å². The van der Waals surface area contributed by atoms with Crippen molar-refractivity contribution in [1.29, 1.82) is 0 Å². The molecule has 0 saturated carbocycles. The second-order valence-electron chi connectivity index (χ2n) is 4.11. The number of hydrogen-bond donors (Lipinski definition) is 1. The van der Waals surface area contributed by atoms with Gasteiger partial charge in [-0.05, 0) is 31.2 Å². The van der Waals surface area contributed by atoms with Crippen molar-refractivity contribution in [3.05, 3.63) is 42.5 Å². The van der Waals surface area contributed by atoms with Gasteiger partial charge in [0.05, 0.1) is 12.4 Å². The molecule has 0 bridgehead atoms. The summed E-state index contributed by atoms with van der Waals surface area (Å²) in [5, 5.41) is 3.80. The fourth-order valence-corrected chi connectivity index (χ4v) is 1.89. The third-order valence-corrected chi connectivity index (χ3v) is 2.72. The van der Waals surface area contributed by atoms with Gasteiger partial charge in [-0.1, -0.05) is 0 Å². The zero-order chi connectivity index (χ0) is 13.2. The number of rotatable bonds is 3. The minimum absolute atomic E-state index is 0.285. The molecule has 19 heavy (non-hydrogen) atoms. The van der Waals surface area contributed by atoms with Gasteiger partial charge in [-0.2, -0.15) is 0 Å². The van der Waals surface area contributed by atoms with Crippen LogP contribution in [-0.2, 0) is 0 Å². The SMILES string of the molecule is CCNc1cncc(-c2cc3cc(F)ccc3o2)n1. The monoisotopic (exact) mass is 257 g/mol. The van der Waals surface area contributed by atoms with Crippen LogP contribution in [0.4, 0.5) is 10.2 Å². The molecule has 5 heteroatoms. The first-order valence-corrected chi connectivity index (χ1v) is 6.01. The van der Waals surface area contributed by atoms with Gasteiger partial charge in [0.25, 0.3) is 0 Å². The largest absolute Gasteiger partial charge is 0.454 e. The molecule has 96 valence electrons. The summed E-state index contributed by atoms with van der Waals surface area (Å²) in [6, 6.07) is 6.17. The topological polar surface area (TPSA) is 51.0 Å². The van der Waals surface area contributed by atoms with E-state index in [2.05, 4.69) is 15.3 Å². The van der Waals surface area contributed by atoms with E-state index >= 15 is 0 Å². The van der Waals surface area contributed by atoms with Crippen molar-refractivity contribution in [2.75, 3.05) is 11.9 Å². The fourth-order valence-electron chi connectivity index (χ4n) is 1.89. The Kier molecular flexibility index (Phi) is 2.87. The lowest BCUT2D eigenvalue weighted by atomic mass is 10.2. The van der Waals surface area contributed by atoms with Gasteiger partial charge in [0.15, 0.2) is 5.76 Å². The maximum Gasteiger partial charge on any atom is 0.155 e. The zero-order valence-corrected chi connectivity index (χ0v) is 10.4. The molecular formula is C14H12FN3O. The van der Waals surface area contributed by atoms with E-state index in [1.165, 1.54) is 12.1 Å². The van der Waals surface area contributed by atoms with Crippen molar-refractivity contribution in [1.82, 2.24) is 9.97 Å². The van der Waals surface area contributed by atoms with Crippen LogP contribution in [0.25, 0.3) is 22.4 Å². The van der Waals surface area contributed by atoms with E-state index in [4.69, 9.17) is 4.42 Å². The molecule has 0 amide bonds. The van der Waals surface area contributed by atoms with Crippen LogP contribution in [0.3, 0.4) is 0 Å². The first-order chi connectivity index (χ1) is 9.26. The average Bonchev–Trinajstić information content (AvgIpc) is 2.82. The summed E-state index contributed by atoms with van der Waals surface area (Å²) in [7, 11) is 0. The Morgan fingerprint density at radius 3 is 3.00 bits per heavy atom. The Balaban J connectivity index is 2.05. The van der Waals surface area contributed by atoms with E-state index in [-0.39, 0.29) is 5.82 Å². The third-order valence-electron chi connectivity index (χ3n) is 2.72. The molecule has 0 fully saturated rings. The van der Waals surface area contributed by atoms with Crippen LogP contribution < -0.4 is 5.32 Å². The highest BCUT2D eigenvalue weighted by Crippen LogP contribution is 2.27. The average molecular weight is 257 g/mol. The number of anilines is 1. The van der Waals surface area contributed by atoms with Crippen molar-refractivity contribution >= 4 is 16.8 Å². The van der Waals surface area contributed by atoms with Crippen LogP contribution in [0, 0.1) is 5.82 Å². The van der Waals surface area contributed by atoms with Crippen molar-refractivity contribution in [2.45, 2.75) is 6.92 Å². The van der Waals surface area contributed by atoms with Crippen molar-refractivity contribution in [3.63, 3.8) is 0 Å². The Morgan fingerprint density at radius 1 is 1.26 bits per heavy atom. The predicted molar refractivity (Wildman–Crippen MR) is 71.4 cm³/mol. The highest BCUT2D eigenvalue weighted by Gasteiger charge is 2.09. The summed E-state index contributed by atoms with van der Waals surface area (Å²) < 4.78 is 18.8. The molecule has 0 aliphatic rings. The van der Waals surface area contributed by atoms with Gasteiger partial charge in [0.1, 0.15) is 22.9 Å². The van der Waals surface area contributed by atoms with Gasteiger partial charge in [-0.15, -0.1) is 0 Å². The number of benzene rings is 1. The summed E-state index contributed by atoms with van der Waals surface area (Å²) in [6.07, 6.45) is 3.27. The van der Waals surface area contributed by atoms with E-state index in [9.17, 15) is 4.39 Å². The van der Waals surface area contributed by atoms with Crippen LogP contribution in [-0.4, -0.2) is 16.5 Å². The van der Waals surface area contributed by atoms with Crippen LogP contribution in [0.15, 0.2) is 41.1 Å². The minimum atomic E-state index is -0.285. The molecule has 0 atom stereocenters. The van der Waals surface area contributed by atoms with E-state index in [0.717, 1.165) is 6.54 Å². The molecule has 2 aromatic heterocycles. The molecule has 1 aromatic carbocycles. The number of aromatic nitrogens is 2. The maximum absolute atomic E-state index is 13.1. The molecule has 3 rings (SSSR count). The summed E-state index contributed by atoms with van der Waals surface area (Å²) in [6.45, 7) is 2.75. The van der Waals surface area contributed by atoms with E-state index in [1.54, 1.807) is 24.5 Å². The zero-order valence-electron chi connectivity index (χ0n) is 10.4. The highest BCUT2D eigenvalue weighted by atomic mass is 19.1. The van der Waals surface area contributed by atoms with Gasteiger partial charge in [0, 0.05) is 11.9 Å². The molecule has 2 heterocycles. The first-order valence-electron chi connectivity index (χ1n) is 6.01. The molecule has 0 unspecified atom stereocenters. The lowest BCUT2D eigenvalue weighted by Gasteiger charge is -2.02. The number of halogens is 1. The van der Waals surface area contributed by atoms with Crippen molar-refractivity contribution in [3.8, 4) is 11.5 Å². The fraction of sp³-hybridized carbons (Fsp3) is 0.143. The Morgan fingerprint density at radius 2 is 2.16 bits per heavy atom. The molecule has 0 aliphatic carbocycles. The first kappa shape index (κ1) is 11.6.